The van der Waals surface area contributed by atoms with Crippen molar-refractivity contribution in [1.29, 1.82) is 0 Å². The van der Waals surface area contributed by atoms with Crippen LogP contribution in [0.1, 0.15) is 19.8 Å². The molecule has 2 unspecified atom stereocenters. The molecule has 0 N–H and O–H groups in total. The third-order valence-electron chi connectivity index (χ3n) is 3.94. The minimum absolute atomic E-state index is 0. The zero-order valence-corrected chi connectivity index (χ0v) is 14.3. The van der Waals surface area contributed by atoms with Gasteiger partial charge in [0.2, 0.25) is 0 Å². The van der Waals surface area contributed by atoms with Gasteiger partial charge in [-0.05, 0) is 32.9 Å². The van der Waals surface area contributed by atoms with Crippen molar-refractivity contribution in [2.24, 2.45) is 0 Å². The van der Waals surface area contributed by atoms with Crippen molar-refractivity contribution < 1.29 is 64.3 Å². The molecule has 0 aromatic heterocycles. The first-order valence-electron chi connectivity index (χ1n) is 6.23. The number of nitrogens with zero attached hydrogens (tertiary/aromatic N) is 2. The molecule has 2 rings (SSSR count). The molecule has 2 aliphatic rings. The van der Waals surface area contributed by atoms with E-state index in [4.69, 9.17) is 0 Å². The maximum Gasteiger partial charge on any atom is 1.00 e. The van der Waals surface area contributed by atoms with E-state index in [0.717, 1.165) is 26.1 Å². The van der Waals surface area contributed by atoms with Crippen molar-refractivity contribution >= 4 is 6.98 Å². The molecule has 2 fully saturated rings. The van der Waals surface area contributed by atoms with Gasteiger partial charge in [0.15, 0.2) is 0 Å². The van der Waals surface area contributed by atoms with Crippen molar-refractivity contribution in [3.63, 3.8) is 0 Å². The van der Waals surface area contributed by atoms with Gasteiger partial charge >= 0.3 is 58.4 Å². The standard InChI is InChI=1S/C11H19BF3N2.K/c1-9(12(13,14)15)6-17-8-11-4-3-5-16(11)7-10(17)2;/h10-11H,1,3-8H2,2H3;/q-1;+1. The van der Waals surface area contributed by atoms with Crippen molar-refractivity contribution in [1.82, 2.24) is 9.80 Å². The topological polar surface area (TPSA) is 6.48 Å². The van der Waals surface area contributed by atoms with Gasteiger partial charge in [0.25, 0.3) is 0 Å². The Labute approximate surface area is 149 Å². The first-order chi connectivity index (χ1) is 7.88. The Kier molecular flexibility index (Phi) is 6.44. The summed E-state index contributed by atoms with van der Waals surface area (Å²) in [7, 11) is 0. The van der Waals surface area contributed by atoms with Crippen LogP contribution < -0.4 is 51.4 Å². The van der Waals surface area contributed by atoms with E-state index in [-0.39, 0.29) is 64.0 Å². The Hall–Kier alpha value is 1.15. The van der Waals surface area contributed by atoms with Crippen LogP contribution in [0, 0.1) is 0 Å². The fourth-order valence-electron chi connectivity index (χ4n) is 2.83. The molecule has 98 valence electrons. The molecule has 2 heterocycles. The van der Waals surface area contributed by atoms with Gasteiger partial charge in [0, 0.05) is 25.2 Å². The van der Waals surface area contributed by atoms with E-state index >= 15 is 0 Å². The smallest absolute Gasteiger partial charge is 0.445 e. The van der Waals surface area contributed by atoms with E-state index in [1.54, 1.807) is 0 Å². The summed E-state index contributed by atoms with van der Waals surface area (Å²) in [5, 5.41) is 0. The van der Waals surface area contributed by atoms with E-state index in [2.05, 4.69) is 11.5 Å². The molecular weight excluding hydrogens is 267 g/mol. The van der Waals surface area contributed by atoms with E-state index in [1.165, 1.54) is 6.42 Å². The van der Waals surface area contributed by atoms with Gasteiger partial charge in [-0.1, -0.05) is 0 Å². The molecule has 0 aromatic carbocycles. The fourth-order valence-corrected chi connectivity index (χ4v) is 2.83. The van der Waals surface area contributed by atoms with Gasteiger partial charge in [-0.25, -0.2) is 0 Å². The Morgan fingerprint density at radius 2 is 2.00 bits per heavy atom. The van der Waals surface area contributed by atoms with Crippen LogP contribution in [0.3, 0.4) is 0 Å². The molecular formula is C11H19BF3KN2. The molecule has 0 saturated carbocycles. The van der Waals surface area contributed by atoms with Gasteiger partial charge in [0.05, 0.1) is 0 Å². The third-order valence-corrected chi connectivity index (χ3v) is 3.94. The van der Waals surface area contributed by atoms with Crippen LogP contribution in [0.2, 0.25) is 0 Å². The summed E-state index contributed by atoms with van der Waals surface area (Å²) >= 11 is 0. The number of fused-ring (bicyclic) bond motifs is 1. The van der Waals surface area contributed by atoms with Crippen molar-refractivity contribution in [2.75, 3.05) is 26.2 Å². The number of halogens is 3. The summed E-state index contributed by atoms with van der Waals surface area (Å²) in [6.45, 7) is 3.04. The molecule has 18 heavy (non-hydrogen) atoms. The molecule has 0 aliphatic carbocycles. The molecule has 0 aromatic rings. The van der Waals surface area contributed by atoms with E-state index in [1.807, 2.05) is 11.8 Å². The molecule has 7 heteroatoms. The summed E-state index contributed by atoms with van der Waals surface area (Å²) in [6, 6.07) is 0.652. The van der Waals surface area contributed by atoms with Crippen LogP contribution in [0.4, 0.5) is 12.9 Å². The Morgan fingerprint density at radius 3 is 2.61 bits per heavy atom. The van der Waals surface area contributed by atoms with Gasteiger partial charge in [-0.2, -0.15) is 0 Å². The van der Waals surface area contributed by atoms with E-state index < -0.39 is 12.4 Å². The number of hydrogen-bond donors (Lipinski definition) is 0. The van der Waals surface area contributed by atoms with Crippen LogP contribution in [-0.4, -0.2) is 55.0 Å². The number of hydrogen-bond acceptors (Lipinski definition) is 2. The maximum absolute atomic E-state index is 12.5. The maximum atomic E-state index is 12.5. The second kappa shape index (κ2) is 6.74. The minimum atomic E-state index is -4.89. The van der Waals surface area contributed by atoms with Crippen molar-refractivity contribution in [3.05, 3.63) is 12.1 Å². The molecule has 0 bridgehead atoms. The third kappa shape index (κ3) is 4.07. The normalized spacial score (nSPS) is 29.8. The summed E-state index contributed by atoms with van der Waals surface area (Å²) < 4.78 is 37.6. The van der Waals surface area contributed by atoms with Crippen LogP contribution in [0.5, 0.6) is 0 Å². The molecule has 0 radical (unpaired) electrons. The summed E-state index contributed by atoms with van der Waals surface area (Å²) in [5.41, 5.74) is -0.566. The first-order valence-corrected chi connectivity index (χ1v) is 6.23. The second-order valence-electron chi connectivity index (χ2n) is 5.30. The second-order valence-corrected chi connectivity index (χ2v) is 5.30. The van der Waals surface area contributed by atoms with E-state index in [9.17, 15) is 12.9 Å². The zero-order chi connectivity index (χ0) is 12.6. The van der Waals surface area contributed by atoms with Gasteiger partial charge < -0.3 is 12.9 Å². The minimum Gasteiger partial charge on any atom is -0.445 e. The van der Waals surface area contributed by atoms with Crippen molar-refractivity contribution in [3.8, 4) is 0 Å². The average molecular weight is 286 g/mol. The monoisotopic (exact) mass is 286 g/mol. The summed E-state index contributed by atoms with van der Waals surface area (Å²) in [6.07, 6.45) is 2.29. The molecule has 2 aliphatic heterocycles. The molecule has 2 nitrogen and oxygen atoms in total. The molecule has 0 spiro atoms. The number of piperazine rings is 1. The molecule has 2 atom stereocenters. The van der Waals surface area contributed by atoms with Crippen LogP contribution in [0.15, 0.2) is 12.1 Å². The SMILES string of the molecule is C=C(CN1CC2CCCN2CC1C)[B-](F)(F)F.[K+]. The predicted molar refractivity (Wildman–Crippen MR) is 63.8 cm³/mol. The van der Waals surface area contributed by atoms with Gasteiger partial charge in [-0.3, -0.25) is 9.80 Å². The number of rotatable bonds is 3. The van der Waals surface area contributed by atoms with Crippen LogP contribution >= 0.6 is 0 Å². The van der Waals surface area contributed by atoms with E-state index in [0.29, 0.717) is 6.04 Å². The average Bonchev–Trinajstić information content (AvgIpc) is 2.63. The summed E-state index contributed by atoms with van der Waals surface area (Å²) in [5.74, 6) is 0. The predicted octanol–water partition coefficient (Wildman–Crippen LogP) is -0.898. The zero-order valence-electron chi connectivity index (χ0n) is 11.2. The van der Waals surface area contributed by atoms with Gasteiger partial charge in [-0.15, -0.1) is 12.1 Å². The van der Waals surface area contributed by atoms with Gasteiger partial charge in [0.1, 0.15) is 0 Å². The quantitative estimate of drug-likeness (QED) is 0.621. The summed E-state index contributed by atoms with van der Waals surface area (Å²) in [4.78, 5) is 4.34. The Balaban J connectivity index is 0.00000162. The Morgan fingerprint density at radius 1 is 1.33 bits per heavy atom. The largest absolute Gasteiger partial charge is 1.00 e. The molecule has 2 saturated heterocycles. The fraction of sp³-hybridized carbons (Fsp3) is 0.818. The van der Waals surface area contributed by atoms with Crippen LogP contribution in [-0.2, 0) is 0 Å². The first kappa shape index (κ1) is 17.2. The van der Waals surface area contributed by atoms with Crippen LogP contribution in [0.25, 0.3) is 0 Å². The Bertz CT molecular complexity index is 311. The molecule has 0 amide bonds. The van der Waals surface area contributed by atoms with Crippen molar-refractivity contribution in [2.45, 2.75) is 31.8 Å².